The van der Waals surface area contributed by atoms with Crippen LogP contribution in [0.1, 0.15) is 13.8 Å². The van der Waals surface area contributed by atoms with Crippen molar-refractivity contribution in [2.75, 3.05) is 28.6 Å². The van der Waals surface area contributed by atoms with Gasteiger partial charge in [-0.25, -0.2) is 8.42 Å². The molecule has 0 aliphatic heterocycles. The Hall–Kier alpha value is -2.65. The van der Waals surface area contributed by atoms with E-state index < -0.39 is 21.7 Å². The number of rotatable bonds is 8. The second-order valence-electron chi connectivity index (χ2n) is 6.06. The summed E-state index contributed by atoms with van der Waals surface area (Å²) in [4.78, 5) is 12.0. The maximum absolute atomic E-state index is 12.2. The van der Waals surface area contributed by atoms with Crippen molar-refractivity contribution in [1.82, 2.24) is 0 Å². The topological polar surface area (TPSA) is 120 Å². The standard InChI is InChI=1S/C18H23N3O5S.ClH/c1-12(2)26-15-7-4-13(5-8-15)21-27(23,24)11-18(22)20-14-6-9-17(25-3)16(19)10-14;/h4-10,12,21H,11,19H2,1-3H3,(H,20,22);1H. The second kappa shape index (κ2) is 10.0. The number of nitrogens with one attached hydrogen (secondary N) is 2. The van der Waals surface area contributed by atoms with Gasteiger partial charge in [-0.05, 0) is 56.3 Å². The van der Waals surface area contributed by atoms with Gasteiger partial charge in [0.2, 0.25) is 15.9 Å². The van der Waals surface area contributed by atoms with Gasteiger partial charge in [-0.15, -0.1) is 12.4 Å². The van der Waals surface area contributed by atoms with Gasteiger partial charge < -0.3 is 20.5 Å². The molecule has 8 nitrogen and oxygen atoms in total. The highest BCUT2D eigenvalue weighted by Gasteiger charge is 2.17. The lowest BCUT2D eigenvalue weighted by atomic mass is 10.2. The normalized spacial score (nSPS) is 10.7. The molecule has 0 unspecified atom stereocenters. The van der Waals surface area contributed by atoms with Crippen molar-refractivity contribution in [3.8, 4) is 11.5 Å². The minimum Gasteiger partial charge on any atom is -0.495 e. The molecule has 0 fully saturated rings. The molecular weight excluding hydrogens is 406 g/mol. The van der Waals surface area contributed by atoms with Crippen LogP contribution in [0.5, 0.6) is 11.5 Å². The highest BCUT2D eigenvalue weighted by atomic mass is 35.5. The molecule has 0 saturated carbocycles. The van der Waals surface area contributed by atoms with Gasteiger partial charge in [-0.3, -0.25) is 9.52 Å². The monoisotopic (exact) mass is 429 g/mol. The van der Waals surface area contributed by atoms with Crippen LogP contribution >= 0.6 is 12.4 Å². The predicted molar refractivity (Wildman–Crippen MR) is 113 cm³/mol. The van der Waals surface area contributed by atoms with E-state index in [-0.39, 0.29) is 18.5 Å². The van der Waals surface area contributed by atoms with E-state index >= 15 is 0 Å². The summed E-state index contributed by atoms with van der Waals surface area (Å²) in [6, 6.07) is 11.1. The molecule has 0 bridgehead atoms. The number of amides is 1. The van der Waals surface area contributed by atoms with Crippen molar-refractivity contribution in [2.24, 2.45) is 0 Å². The lowest BCUT2D eigenvalue weighted by Gasteiger charge is -2.12. The van der Waals surface area contributed by atoms with Crippen molar-refractivity contribution in [1.29, 1.82) is 0 Å². The van der Waals surface area contributed by atoms with Crippen LogP contribution in [0.15, 0.2) is 42.5 Å². The summed E-state index contributed by atoms with van der Waals surface area (Å²) in [5, 5.41) is 2.49. The smallest absolute Gasteiger partial charge is 0.241 e. The summed E-state index contributed by atoms with van der Waals surface area (Å²) in [6.45, 7) is 3.79. The average molecular weight is 430 g/mol. The summed E-state index contributed by atoms with van der Waals surface area (Å²) in [7, 11) is -2.40. The highest BCUT2D eigenvalue weighted by molar-refractivity contribution is 7.93. The van der Waals surface area contributed by atoms with Crippen LogP contribution in [0, 0.1) is 0 Å². The lowest BCUT2D eigenvalue weighted by Crippen LogP contribution is -2.27. The van der Waals surface area contributed by atoms with Gasteiger partial charge in [0.15, 0.2) is 0 Å². The molecule has 0 aliphatic rings. The number of nitrogens with two attached hydrogens (primary N) is 1. The zero-order valence-electron chi connectivity index (χ0n) is 15.8. The summed E-state index contributed by atoms with van der Waals surface area (Å²) in [6.07, 6.45) is 0.0169. The summed E-state index contributed by atoms with van der Waals surface area (Å²) >= 11 is 0. The Kier molecular flexibility index (Phi) is 8.39. The Balaban J connectivity index is 0.00000392. The summed E-state index contributed by atoms with van der Waals surface area (Å²) in [5.41, 5.74) is 6.81. The quantitative estimate of drug-likeness (QED) is 0.555. The fourth-order valence-electron chi connectivity index (χ4n) is 2.27. The molecule has 154 valence electrons. The van der Waals surface area contributed by atoms with Crippen molar-refractivity contribution in [2.45, 2.75) is 20.0 Å². The maximum atomic E-state index is 12.2. The van der Waals surface area contributed by atoms with Crippen LogP contribution in [-0.4, -0.2) is 33.3 Å². The largest absolute Gasteiger partial charge is 0.495 e. The minimum absolute atomic E-state index is 0. The number of ether oxygens (including phenoxy) is 2. The van der Waals surface area contributed by atoms with Crippen LogP contribution in [0.4, 0.5) is 17.1 Å². The van der Waals surface area contributed by atoms with Gasteiger partial charge >= 0.3 is 0 Å². The molecule has 4 N–H and O–H groups in total. The van der Waals surface area contributed by atoms with Crippen molar-refractivity contribution in [3.05, 3.63) is 42.5 Å². The molecular formula is C18H24ClN3O5S. The minimum atomic E-state index is -3.87. The van der Waals surface area contributed by atoms with E-state index in [1.807, 2.05) is 13.8 Å². The molecule has 0 aliphatic carbocycles. The molecule has 0 atom stereocenters. The van der Waals surface area contributed by atoms with Crippen LogP contribution in [0.2, 0.25) is 0 Å². The van der Waals surface area contributed by atoms with Crippen LogP contribution in [0.25, 0.3) is 0 Å². The van der Waals surface area contributed by atoms with Gasteiger partial charge in [-0.2, -0.15) is 0 Å². The first-order valence-electron chi connectivity index (χ1n) is 8.19. The zero-order chi connectivity index (χ0) is 20.0. The fourth-order valence-corrected chi connectivity index (χ4v) is 3.26. The highest BCUT2D eigenvalue weighted by Crippen LogP contribution is 2.24. The van der Waals surface area contributed by atoms with E-state index in [4.69, 9.17) is 15.2 Å². The van der Waals surface area contributed by atoms with E-state index in [1.165, 1.54) is 13.2 Å². The number of hydrogen-bond donors (Lipinski definition) is 3. The Morgan fingerprint density at radius 2 is 1.71 bits per heavy atom. The summed E-state index contributed by atoms with van der Waals surface area (Å²) < 4.78 is 37.2. The number of benzene rings is 2. The van der Waals surface area contributed by atoms with Crippen LogP contribution in [-0.2, 0) is 14.8 Å². The van der Waals surface area contributed by atoms with Crippen LogP contribution < -0.4 is 25.2 Å². The first-order valence-corrected chi connectivity index (χ1v) is 9.84. The molecule has 1 amide bonds. The lowest BCUT2D eigenvalue weighted by molar-refractivity contribution is -0.113. The number of carbonyl (C=O) groups excluding carboxylic acids is 1. The summed E-state index contributed by atoms with van der Waals surface area (Å²) in [5.74, 6) is -0.329. The molecule has 0 aromatic heterocycles. The van der Waals surface area contributed by atoms with Crippen molar-refractivity contribution < 1.29 is 22.7 Å². The second-order valence-corrected chi connectivity index (χ2v) is 7.78. The third kappa shape index (κ3) is 7.16. The number of carbonyl (C=O) groups is 1. The molecule has 2 aromatic carbocycles. The molecule has 0 radical (unpaired) electrons. The fraction of sp³-hybridized carbons (Fsp3) is 0.278. The molecule has 0 saturated heterocycles. The number of sulfonamides is 1. The zero-order valence-corrected chi connectivity index (χ0v) is 17.4. The SMILES string of the molecule is COc1ccc(NC(=O)CS(=O)(=O)Nc2ccc(OC(C)C)cc2)cc1N.Cl. The number of nitrogen functional groups attached to an aromatic ring is 1. The molecule has 28 heavy (non-hydrogen) atoms. The van der Waals surface area contributed by atoms with Gasteiger partial charge in [-0.1, -0.05) is 0 Å². The third-order valence-corrected chi connectivity index (χ3v) is 4.52. The number of halogens is 1. The first-order chi connectivity index (χ1) is 12.7. The average Bonchev–Trinajstić information content (AvgIpc) is 2.55. The maximum Gasteiger partial charge on any atom is 0.241 e. The number of anilines is 3. The Morgan fingerprint density at radius 1 is 1.11 bits per heavy atom. The first kappa shape index (κ1) is 23.4. The van der Waals surface area contributed by atoms with Gasteiger partial charge in [0.25, 0.3) is 0 Å². The molecule has 2 aromatic rings. The van der Waals surface area contributed by atoms with E-state index in [9.17, 15) is 13.2 Å². The van der Waals surface area contributed by atoms with Crippen molar-refractivity contribution in [3.63, 3.8) is 0 Å². The molecule has 10 heteroatoms. The van der Waals surface area contributed by atoms with Gasteiger partial charge in [0.1, 0.15) is 17.3 Å². The van der Waals surface area contributed by atoms with E-state index in [1.54, 1.807) is 36.4 Å². The molecule has 2 rings (SSSR count). The van der Waals surface area contributed by atoms with E-state index in [0.29, 0.717) is 28.6 Å². The van der Waals surface area contributed by atoms with Gasteiger partial charge in [0.05, 0.1) is 18.9 Å². The number of hydrogen-bond acceptors (Lipinski definition) is 6. The number of methoxy groups -OCH3 is 1. The Bertz CT molecular complexity index is 902. The van der Waals surface area contributed by atoms with Crippen LogP contribution in [0.3, 0.4) is 0 Å². The van der Waals surface area contributed by atoms with Crippen molar-refractivity contribution >= 4 is 45.4 Å². The van der Waals surface area contributed by atoms with E-state index in [2.05, 4.69) is 10.0 Å². The molecule has 0 spiro atoms. The Morgan fingerprint density at radius 3 is 2.25 bits per heavy atom. The predicted octanol–water partition coefficient (Wildman–Crippen LogP) is 2.87. The molecule has 0 heterocycles. The van der Waals surface area contributed by atoms with E-state index in [0.717, 1.165) is 0 Å². The third-order valence-electron chi connectivity index (χ3n) is 3.33. The van der Waals surface area contributed by atoms with Gasteiger partial charge in [0, 0.05) is 11.4 Å². The Labute approximate surface area is 170 Å².